The lowest BCUT2D eigenvalue weighted by molar-refractivity contribution is -0.137. The largest absolute Gasteiger partial charge is 0.464 e. The molecule has 0 aliphatic carbocycles. The fraction of sp³-hybridized carbons (Fsp3) is 0.231. The summed E-state index contributed by atoms with van der Waals surface area (Å²) >= 11 is 0. The Kier molecular flexibility index (Phi) is 3.98. The Morgan fingerprint density at radius 1 is 0.955 bits per heavy atom. The van der Waals surface area contributed by atoms with E-state index in [1.165, 1.54) is 0 Å². The van der Waals surface area contributed by atoms with E-state index >= 15 is 0 Å². The quantitative estimate of drug-likeness (QED) is 0.791. The van der Waals surface area contributed by atoms with E-state index in [1.807, 2.05) is 0 Å². The number of carbonyl (C=O) groups is 2. The minimum Gasteiger partial charge on any atom is -0.464 e. The Bertz CT molecular complexity index is 759. The molecule has 0 amide bonds. The molecular weight excluding hydrogens is 305 g/mol. The molecule has 1 aromatic heterocycles. The van der Waals surface area contributed by atoms with Crippen molar-refractivity contribution in [2.75, 3.05) is 14.2 Å². The van der Waals surface area contributed by atoms with E-state index in [-0.39, 0.29) is 11.0 Å². The lowest BCUT2D eigenvalue weighted by Crippen LogP contribution is -2.16. The van der Waals surface area contributed by atoms with E-state index in [4.69, 9.17) is 0 Å². The molecule has 0 unspecified atom stereocenters. The summed E-state index contributed by atoms with van der Waals surface area (Å²) in [5.41, 5.74) is -2.07. The molecule has 1 heterocycles. The second kappa shape index (κ2) is 5.58. The number of nitrogens with zero attached hydrogens (tertiary/aromatic N) is 2. The summed E-state index contributed by atoms with van der Waals surface area (Å²) in [6, 6.07) is 2.59. The molecule has 0 saturated heterocycles. The number of methoxy groups -OCH3 is 2. The molecule has 22 heavy (non-hydrogen) atoms. The van der Waals surface area contributed by atoms with Crippen LogP contribution in [-0.4, -0.2) is 36.1 Å². The number of alkyl halides is 3. The first-order valence-electron chi connectivity index (χ1n) is 5.83. The number of benzene rings is 1. The third-order valence-electron chi connectivity index (χ3n) is 2.75. The molecule has 2 rings (SSSR count). The molecule has 0 aliphatic rings. The lowest BCUT2D eigenvalue weighted by Gasteiger charge is -2.09. The van der Waals surface area contributed by atoms with Crippen LogP contribution in [0.1, 0.15) is 26.5 Å². The first-order chi connectivity index (χ1) is 10.3. The van der Waals surface area contributed by atoms with Crippen molar-refractivity contribution in [2.45, 2.75) is 6.18 Å². The third kappa shape index (κ3) is 2.83. The zero-order valence-electron chi connectivity index (χ0n) is 11.4. The maximum absolute atomic E-state index is 12.7. The molecule has 6 nitrogen and oxygen atoms in total. The monoisotopic (exact) mass is 314 g/mol. The van der Waals surface area contributed by atoms with Crippen molar-refractivity contribution < 1.29 is 32.2 Å². The second-order valence-corrected chi connectivity index (χ2v) is 4.11. The number of ether oxygens (including phenoxy) is 2. The zero-order chi connectivity index (χ0) is 16.5. The highest BCUT2D eigenvalue weighted by molar-refractivity contribution is 6.02. The molecule has 0 radical (unpaired) electrons. The third-order valence-corrected chi connectivity index (χ3v) is 2.75. The minimum atomic E-state index is -4.57. The van der Waals surface area contributed by atoms with Crippen molar-refractivity contribution in [3.05, 3.63) is 35.2 Å². The smallest absolute Gasteiger partial charge is 0.416 e. The molecule has 0 spiro atoms. The number of carbonyl (C=O) groups excluding carboxylic acids is 2. The van der Waals surface area contributed by atoms with Gasteiger partial charge in [-0.1, -0.05) is 0 Å². The number of halogens is 3. The van der Waals surface area contributed by atoms with Gasteiger partial charge in [0.15, 0.2) is 11.4 Å². The Balaban J connectivity index is 2.72. The van der Waals surface area contributed by atoms with E-state index in [9.17, 15) is 22.8 Å². The van der Waals surface area contributed by atoms with Gasteiger partial charge in [-0.05, 0) is 18.2 Å². The molecule has 0 fully saturated rings. The number of esters is 2. The molecule has 0 bridgehead atoms. The van der Waals surface area contributed by atoms with Crippen molar-refractivity contribution in [3.8, 4) is 0 Å². The highest BCUT2D eigenvalue weighted by Crippen LogP contribution is 2.30. The standard InChI is InChI=1S/C13H9F3N2O4/c1-21-11(19)9-10(12(20)22-2)18-8-5-6(13(14,15)16)3-4-7(8)17-9/h3-5H,1-2H3. The molecule has 0 aliphatic heterocycles. The van der Waals surface area contributed by atoms with E-state index in [0.717, 1.165) is 32.4 Å². The average Bonchev–Trinajstić information content (AvgIpc) is 2.50. The van der Waals surface area contributed by atoms with Gasteiger partial charge >= 0.3 is 18.1 Å². The molecule has 9 heteroatoms. The van der Waals surface area contributed by atoms with Gasteiger partial charge in [0.2, 0.25) is 0 Å². The van der Waals surface area contributed by atoms with E-state index in [1.54, 1.807) is 0 Å². The van der Waals surface area contributed by atoms with E-state index in [0.29, 0.717) is 0 Å². The van der Waals surface area contributed by atoms with Crippen LogP contribution >= 0.6 is 0 Å². The highest BCUT2D eigenvalue weighted by atomic mass is 19.4. The molecule has 0 N–H and O–H groups in total. The Labute approximate surface area is 121 Å². The summed E-state index contributed by atoms with van der Waals surface area (Å²) in [5.74, 6) is -1.96. The fourth-order valence-electron chi connectivity index (χ4n) is 1.71. The van der Waals surface area contributed by atoms with Crippen LogP contribution in [0.25, 0.3) is 11.0 Å². The van der Waals surface area contributed by atoms with Crippen LogP contribution in [0.15, 0.2) is 18.2 Å². The van der Waals surface area contributed by atoms with Crippen molar-refractivity contribution >= 4 is 23.0 Å². The van der Waals surface area contributed by atoms with E-state index in [2.05, 4.69) is 19.4 Å². The maximum Gasteiger partial charge on any atom is 0.416 e. The van der Waals surface area contributed by atoms with Crippen LogP contribution in [-0.2, 0) is 15.7 Å². The van der Waals surface area contributed by atoms with Crippen LogP contribution in [0.4, 0.5) is 13.2 Å². The van der Waals surface area contributed by atoms with Crippen LogP contribution < -0.4 is 0 Å². The van der Waals surface area contributed by atoms with Gasteiger partial charge in [-0.25, -0.2) is 19.6 Å². The van der Waals surface area contributed by atoms with Gasteiger partial charge in [0.25, 0.3) is 0 Å². The SMILES string of the molecule is COC(=O)c1nc2ccc(C(F)(F)F)cc2nc1C(=O)OC. The summed E-state index contributed by atoms with van der Waals surface area (Å²) in [4.78, 5) is 30.8. The average molecular weight is 314 g/mol. The van der Waals surface area contributed by atoms with Crippen LogP contribution in [0.3, 0.4) is 0 Å². The van der Waals surface area contributed by atoms with Gasteiger partial charge in [0.05, 0.1) is 30.8 Å². The topological polar surface area (TPSA) is 78.4 Å². The first-order valence-corrected chi connectivity index (χ1v) is 5.83. The normalized spacial score (nSPS) is 11.3. The van der Waals surface area contributed by atoms with Crippen LogP contribution in [0, 0.1) is 0 Å². The zero-order valence-corrected chi connectivity index (χ0v) is 11.4. The molecule has 116 valence electrons. The number of fused-ring (bicyclic) bond motifs is 1. The maximum atomic E-state index is 12.7. The molecule has 0 saturated carbocycles. The fourth-order valence-corrected chi connectivity index (χ4v) is 1.71. The molecule has 2 aromatic rings. The van der Waals surface area contributed by atoms with Crippen molar-refractivity contribution in [1.29, 1.82) is 0 Å². The summed E-state index contributed by atoms with van der Waals surface area (Å²) in [7, 11) is 2.11. The Morgan fingerprint density at radius 2 is 1.45 bits per heavy atom. The predicted molar refractivity (Wildman–Crippen MR) is 67.2 cm³/mol. The van der Waals surface area contributed by atoms with E-state index < -0.39 is 35.1 Å². The number of hydrogen-bond acceptors (Lipinski definition) is 6. The number of rotatable bonds is 2. The minimum absolute atomic E-state index is 0.0149. The number of hydrogen-bond donors (Lipinski definition) is 0. The van der Waals surface area contributed by atoms with Crippen LogP contribution in [0.2, 0.25) is 0 Å². The molecular formula is C13H9F3N2O4. The summed E-state index contributed by atoms with van der Waals surface area (Å²) in [6.45, 7) is 0. The molecule has 0 atom stereocenters. The lowest BCUT2D eigenvalue weighted by atomic mass is 10.1. The predicted octanol–water partition coefficient (Wildman–Crippen LogP) is 2.22. The van der Waals surface area contributed by atoms with Gasteiger partial charge in [-0.2, -0.15) is 13.2 Å². The Morgan fingerprint density at radius 3 is 1.91 bits per heavy atom. The molecule has 1 aromatic carbocycles. The van der Waals surface area contributed by atoms with Gasteiger partial charge in [0.1, 0.15) is 0 Å². The van der Waals surface area contributed by atoms with Crippen molar-refractivity contribution in [1.82, 2.24) is 9.97 Å². The summed E-state index contributed by atoms with van der Waals surface area (Å²) in [6.07, 6.45) is -4.57. The van der Waals surface area contributed by atoms with Crippen LogP contribution in [0.5, 0.6) is 0 Å². The summed E-state index contributed by atoms with van der Waals surface area (Å²) in [5, 5.41) is 0. The first kappa shape index (κ1) is 15.7. The van der Waals surface area contributed by atoms with Crippen molar-refractivity contribution in [2.24, 2.45) is 0 Å². The van der Waals surface area contributed by atoms with Gasteiger partial charge in [0, 0.05) is 0 Å². The highest BCUT2D eigenvalue weighted by Gasteiger charge is 2.31. The van der Waals surface area contributed by atoms with Gasteiger partial charge in [-0.3, -0.25) is 0 Å². The van der Waals surface area contributed by atoms with Crippen molar-refractivity contribution in [3.63, 3.8) is 0 Å². The Hall–Kier alpha value is -2.71. The number of aromatic nitrogens is 2. The van der Waals surface area contributed by atoms with Gasteiger partial charge in [-0.15, -0.1) is 0 Å². The van der Waals surface area contributed by atoms with Gasteiger partial charge < -0.3 is 9.47 Å². The second-order valence-electron chi connectivity index (χ2n) is 4.11. The summed E-state index contributed by atoms with van der Waals surface area (Å²) < 4.78 is 47.0.